The van der Waals surface area contributed by atoms with Crippen molar-refractivity contribution in [2.75, 3.05) is 12.4 Å². The third-order valence-electron chi connectivity index (χ3n) is 3.93. The van der Waals surface area contributed by atoms with Gasteiger partial charge in [-0.2, -0.15) is 0 Å². The lowest BCUT2D eigenvalue weighted by Crippen LogP contribution is -2.49. The minimum absolute atomic E-state index is 0.368. The van der Waals surface area contributed by atoms with E-state index in [2.05, 4.69) is 10.6 Å². The second-order valence-electron chi connectivity index (χ2n) is 5.62. The Balaban J connectivity index is 1.88. The van der Waals surface area contributed by atoms with Gasteiger partial charge in [0.25, 0.3) is 5.91 Å². The molecule has 2 aromatic rings. The van der Waals surface area contributed by atoms with E-state index in [-0.39, 0.29) is 5.91 Å². The molecule has 2 aromatic heterocycles. The SMILES string of the molecule is COC(=O)c1c(N[C@H](NC(=O)c2cccs2)C(Cl)(Cl)Cl)sc2c1CCC2. The summed E-state index contributed by atoms with van der Waals surface area (Å²) in [5, 5.41) is 8.01. The van der Waals surface area contributed by atoms with Gasteiger partial charge in [0.1, 0.15) is 11.2 Å². The maximum Gasteiger partial charge on any atom is 0.341 e. The van der Waals surface area contributed by atoms with Crippen molar-refractivity contribution in [3.63, 3.8) is 0 Å². The van der Waals surface area contributed by atoms with Crippen molar-refractivity contribution in [1.29, 1.82) is 0 Å². The summed E-state index contributed by atoms with van der Waals surface area (Å²) >= 11 is 20.9. The van der Waals surface area contributed by atoms with Gasteiger partial charge in [-0.1, -0.05) is 40.9 Å². The fraction of sp³-hybridized carbons (Fsp3) is 0.375. The number of thiophene rings is 2. The average Bonchev–Trinajstić information content (AvgIpc) is 3.29. The average molecular weight is 454 g/mol. The van der Waals surface area contributed by atoms with Crippen LogP contribution >= 0.6 is 57.5 Å². The van der Waals surface area contributed by atoms with Gasteiger partial charge in [-0.25, -0.2) is 4.79 Å². The van der Waals surface area contributed by atoms with E-state index in [0.29, 0.717) is 15.4 Å². The molecule has 3 rings (SSSR count). The van der Waals surface area contributed by atoms with Gasteiger partial charge in [-0.15, -0.1) is 22.7 Å². The van der Waals surface area contributed by atoms with E-state index in [9.17, 15) is 9.59 Å². The monoisotopic (exact) mass is 452 g/mol. The minimum Gasteiger partial charge on any atom is -0.465 e. The summed E-state index contributed by atoms with van der Waals surface area (Å²) in [6.45, 7) is 0. The Kier molecular flexibility index (Phi) is 6.04. The van der Waals surface area contributed by atoms with Crippen LogP contribution in [0.2, 0.25) is 0 Å². The molecule has 140 valence electrons. The quantitative estimate of drug-likeness (QED) is 0.394. The van der Waals surface area contributed by atoms with Crippen molar-refractivity contribution >= 4 is 74.4 Å². The topological polar surface area (TPSA) is 67.4 Å². The van der Waals surface area contributed by atoms with Gasteiger partial charge in [-0.05, 0) is 36.3 Å². The van der Waals surface area contributed by atoms with E-state index in [1.807, 2.05) is 0 Å². The molecular weight excluding hydrogens is 439 g/mol. The Bertz CT molecular complexity index is 816. The molecule has 5 nitrogen and oxygen atoms in total. The summed E-state index contributed by atoms with van der Waals surface area (Å²) < 4.78 is 3.09. The van der Waals surface area contributed by atoms with Crippen LogP contribution in [-0.2, 0) is 17.6 Å². The summed E-state index contributed by atoms with van der Waals surface area (Å²) in [6, 6.07) is 3.44. The van der Waals surface area contributed by atoms with Crippen LogP contribution in [0.25, 0.3) is 0 Å². The van der Waals surface area contributed by atoms with Crippen LogP contribution in [0.4, 0.5) is 5.00 Å². The predicted octanol–water partition coefficient (Wildman–Crippen LogP) is 4.62. The number of halogens is 3. The Morgan fingerprint density at radius 2 is 2.08 bits per heavy atom. The Labute approximate surface area is 173 Å². The number of amides is 1. The number of aryl methyl sites for hydroxylation is 1. The standard InChI is InChI=1S/C16H15Cl3N2O3S2/c1-24-14(23)11-8-4-2-5-9(8)26-13(11)21-15(16(17,18)19)20-12(22)10-6-3-7-25-10/h3,6-7,15,21H,2,4-5H2,1H3,(H,20,22)/t15-/m0/s1. The Hall–Kier alpha value is -0.990. The number of fused-ring (bicyclic) bond motifs is 1. The first kappa shape index (κ1) is 19.8. The number of anilines is 1. The van der Waals surface area contributed by atoms with Crippen molar-refractivity contribution in [1.82, 2.24) is 5.32 Å². The van der Waals surface area contributed by atoms with E-state index in [4.69, 9.17) is 39.5 Å². The normalized spacial score (nSPS) is 14.6. The molecule has 0 radical (unpaired) electrons. The molecule has 2 N–H and O–H groups in total. The molecule has 26 heavy (non-hydrogen) atoms. The Morgan fingerprint density at radius 3 is 2.69 bits per heavy atom. The summed E-state index contributed by atoms with van der Waals surface area (Å²) in [4.78, 5) is 26.2. The first-order valence-corrected chi connectivity index (χ1v) is 10.5. The fourth-order valence-electron chi connectivity index (χ4n) is 2.76. The molecule has 1 amide bonds. The number of carbonyl (C=O) groups excluding carboxylic acids is 2. The summed E-state index contributed by atoms with van der Waals surface area (Å²) in [7, 11) is 1.33. The zero-order valence-corrected chi connectivity index (χ0v) is 17.5. The van der Waals surface area contributed by atoms with E-state index in [1.165, 1.54) is 29.8 Å². The van der Waals surface area contributed by atoms with Gasteiger partial charge in [0.2, 0.25) is 3.79 Å². The lowest BCUT2D eigenvalue weighted by Gasteiger charge is -2.27. The second-order valence-corrected chi connectivity index (χ2v) is 10.0. The van der Waals surface area contributed by atoms with Crippen molar-refractivity contribution in [3.05, 3.63) is 38.4 Å². The van der Waals surface area contributed by atoms with E-state index in [1.54, 1.807) is 17.5 Å². The minimum atomic E-state index is -1.82. The molecule has 2 heterocycles. The molecule has 0 aliphatic heterocycles. The lowest BCUT2D eigenvalue weighted by molar-refractivity contribution is 0.0601. The third-order valence-corrected chi connectivity index (χ3v) is 6.68. The van der Waals surface area contributed by atoms with E-state index < -0.39 is 15.9 Å². The first-order chi connectivity index (χ1) is 12.3. The smallest absolute Gasteiger partial charge is 0.341 e. The fourth-order valence-corrected chi connectivity index (χ4v) is 5.02. The zero-order valence-electron chi connectivity index (χ0n) is 13.6. The highest BCUT2D eigenvalue weighted by Gasteiger charge is 2.37. The second kappa shape index (κ2) is 7.94. The summed E-state index contributed by atoms with van der Waals surface area (Å²) in [5.74, 6) is -0.813. The van der Waals surface area contributed by atoms with Gasteiger partial charge in [0, 0.05) is 4.88 Å². The van der Waals surface area contributed by atoms with Crippen LogP contribution in [0.1, 0.15) is 36.9 Å². The molecule has 0 fully saturated rings. The molecule has 0 aromatic carbocycles. The van der Waals surface area contributed by atoms with Gasteiger partial charge < -0.3 is 15.4 Å². The number of rotatable bonds is 5. The molecule has 0 unspecified atom stereocenters. The van der Waals surface area contributed by atoms with Crippen LogP contribution in [0.15, 0.2) is 17.5 Å². The molecule has 1 aliphatic carbocycles. The number of alkyl halides is 3. The van der Waals surface area contributed by atoms with Crippen molar-refractivity contribution in [2.24, 2.45) is 0 Å². The van der Waals surface area contributed by atoms with Crippen LogP contribution in [-0.4, -0.2) is 28.9 Å². The van der Waals surface area contributed by atoms with Crippen molar-refractivity contribution in [3.8, 4) is 0 Å². The number of esters is 1. The molecule has 10 heteroatoms. The highest BCUT2D eigenvalue weighted by Crippen LogP contribution is 2.41. The maximum absolute atomic E-state index is 12.4. The van der Waals surface area contributed by atoms with Gasteiger partial charge in [-0.3, -0.25) is 4.79 Å². The molecular formula is C16H15Cl3N2O3S2. The Morgan fingerprint density at radius 1 is 1.31 bits per heavy atom. The lowest BCUT2D eigenvalue weighted by atomic mass is 10.1. The molecule has 0 bridgehead atoms. The molecule has 0 saturated heterocycles. The van der Waals surface area contributed by atoms with E-state index in [0.717, 1.165) is 29.7 Å². The van der Waals surface area contributed by atoms with E-state index >= 15 is 0 Å². The predicted molar refractivity (Wildman–Crippen MR) is 107 cm³/mol. The maximum atomic E-state index is 12.4. The number of ether oxygens (including phenoxy) is 1. The molecule has 1 atom stereocenters. The van der Waals surface area contributed by atoms with Crippen molar-refractivity contribution < 1.29 is 14.3 Å². The van der Waals surface area contributed by atoms with Crippen molar-refractivity contribution in [2.45, 2.75) is 29.2 Å². The zero-order chi connectivity index (χ0) is 18.9. The van der Waals surface area contributed by atoms with Gasteiger partial charge in [0.05, 0.1) is 17.6 Å². The summed E-state index contributed by atoms with van der Waals surface area (Å²) in [5.41, 5.74) is 1.42. The van der Waals surface area contributed by atoms with Gasteiger partial charge >= 0.3 is 5.97 Å². The highest BCUT2D eigenvalue weighted by molar-refractivity contribution is 7.16. The number of carbonyl (C=O) groups is 2. The molecule has 0 spiro atoms. The summed E-state index contributed by atoms with van der Waals surface area (Å²) in [6.07, 6.45) is 1.67. The van der Waals surface area contributed by atoms with Crippen LogP contribution in [0, 0.1) is 0 Å². The van der Waals surface area contributed by atoms with Gasteiger partial charge in [0.15, 0.2) is 0 Å². The third kappa shape index (κ3) is 4.12. The van der Waals surface area contributed by atoms with Crippen LogP contribution in [0.5, 0.6) is 0 Å². The van der Waals surface area contributed by atoms with Crippen LogP contribution in [0.3, 0.4) is 0 Å². The molecule has 1 aliphatic rings. The largest absolute Gasteiger partial charge is 0.465 e. The highest BCUT2D eigenvalue weighted by atomic mass is 35.6. The first-order valence-electron chi connectivity index (χ1n) is 7.71. The number of methoxy groups -OCH3 is 1. The number of hydrogen-bond acceptors (Lipinski definition) is 6. The number of nitrogens with one attached hydrogen (secondary N) is 2. The molecule has 0 saturated carbocycles. The van der Waals surface area contributed by atoms with Crippen LogP contribution < -0.4 is 10.6 Å². The number of hydrogen-bond donors (Lipinski definition) is 2.